The molecule has 0 aromatic carbocycles. The van der Waals surface area contributed by atoms with E-state index in [0.717, 1.165) is 32.1 Å². The molecule has 0 fully saturated rings. The highest BCUT2D eigenvalue weighted by atomic mass is 16.1. The highest BCUT2D eigenvalue weighted by Crippen LogP contribution is 2.26. The fourth-order valence-corrected chi connectivity index (χ4v) is 1.77. The van der Waals surface area contributed by atoms with Gasteiger partial charge in [0.05, 0.1) is 0 Å². The van der Waals surface area contributed by atoms with Gasteiger partial charge in [-0.2, -0.15) is 0 Å². The molecule has 15 heavy (non-hydrogen) atoms. The Morgan fingerprint density at radius 1 is 1.60 bits per heavy atom. The van der Waals surface area contributed by atoms with Crippen LogP contribution in [0.3, 0.4) is 0 Å². The van der Waals surface area contributed by atoms with Crippen LogP contribution in [-0.2, 0) is 4.79 Å². The molecule has 0 saturated carbocycles. The van der Waals surface area contributed by atoms with E-state index in [2.05, 4.69) is 12.7 Å². The average Bonchev–Trinajstić information content (AvgIpc) is 2.29. The number of carbonyl (C=O) groups excluding carboxylic acids is 1. The summed E-state index contributed by atoms with van der Waals surface area (Å²) in [5, 5.41) is 0. The van der Waals surface area contributed by atoms with Crippen molar-refractivity contribution in [3.8, 4) is 0 Å². The van der Waals surface area contributed by atoms with Gasteiger partial charge in [-0.25, -0.2) is 0 Å². The predicted molar refractivity (Wildman–Crippen MR) is 66.9 cm³/mol. The van der Waals surface area contributed by atoms with E-state index in [4.69, 9.17) is 0 Å². The quantitative estimate of drug-likeness (QED) is 0.630. The van der Waals surface area contributed by atoms with Crippen molar-refractivity contribution in [2.75, 3.05) is 0 Å². The first-order valence-electron chi connectivity index (χ1n) is 6.03. The molecule has 0 spiro atoms. The third kappa shape index (κ3) is 5.56. The molecular formula is C14H24O. The van der Waals surface area contributed by atoms with Crippen molar-refractivity contribution in [2.45, 2.75) is 52.9 Å². The van der Waals surface area contributed by atoms with Crippen molar-refractivity contribution in [3.05, 3.63) is 24.3 Å². The fourth-order valence-electron chi connectivity index (χ4n) is 1.77. The smallest absolute Gasteiger partial charge is 0.133 e. The van der Waals surface area contributed by atoms with Gasteiger partial charge in [0.1, 0.15) is 5.78 Å². The van der Waals surface area contributed by atoms with Crippen molar-refractivity contribution in [2.24, 2.45) is 5.92 Å². The first-order valence-corrected chi connectivity index (χ1v) is 6.03. The lowest BCUT2D eigenvalue weighted by molar-refractivity contribution is -0.120. The predicted octanol–water partition coefficient (Wildman–Crippen LogP) is 4.29. The standard InChI is InChI=1S/C12H18O.C2H6/c1-3-4-5-11-6-8-12(9-7-11)10(2)13;1-2/h3,6,12H,1,4-5,7-9H2,2H3;1-2H3. The van der Waals surface area contributed by atoms with Crippen LogP contribution in [-0.4, -0.2) is 5.78 Å². The molecule has 1 unspecified atom stereocenters. The van der Waals surface area contributed by atoms with E-state index in [1.165, 1.54) is 5.57 Å². The van der Waals surface area contributed by atoms with Gasteiger partial charge in [0.2, 0.25) is 0 Å². The SMILES string of the molecule is C=CCCC1=CCC(C(C)=O)CC1.CC. The van der Waals surface area contributed by atoms with Gasteiger partial charge < -0.3 is 0 Å². The zero-order chi connectivity index (χ0) is 11.7. The number of carbonyl (C=O) groups is 1. The maximum Gasteiger partial charge on any atom is 0.133 e. The largest absolute Gasteiger partial charge is 0.300 e. The number of Topliss-reactive ketones (excluding diaryl/α,β-unsaturated/α-hetero) is 1. The van der Waals surface area contributed by atoms with Crippen LogP contribution >= 0.6 is 0 Å². The zero-order valence-corrected chi connectivity index (χ0v) is 10.4. The van der Waals surface area contributed by atoms with E-state index >= 15 is 0 Å². The third-order valence-corrected chi connectivity index (χ3v) is 2.75. The molecule has 1 atom stereocenters. The third-order valence-electron chi connectivity index (χ3n) is 2.75. The first-order chi connectivity index (χ1) is 7.24. The molecular weight excluding hydrogens is 184 g/mol. The van der Waals surface area contributed by atoms with Gasteiger partial charge in [-0.1, -0.05) is 31.6 Å². The zero-order valence-electron chi connectivity index (χ0n) is 10.4. The second kappa shape index (κ2) is 8.46. The Labute approximate surface area is 94.3 Å². The Balaban J connectivity index is 0.000000921. The van der Waals surface area contributed by atoms with Crippen molar-refractivity contribution in [1.29, 1.82) is 0 Å². The fraction of sp³-hybridized carbons (Fsp3) is 0.643. The molecule has 0 aromatic rings. The Morgan fingerprint density at radius 2 is 2.27 bits per heavy atom. The molecule has 1 heteroatoms. The molecule has 86 valence electrons. The topological polar surface area (TPSA) is 17.1 Å². The van der Waals surface area contributed by atoms with Crippen molar-refractivity contribution < 1.29 is 4.79 Å². The number of hydrogen-bond acceptors (Lipinski definition) is 1. The molecule has 0 aliphatic heterocycles. The Hall–Kier alpha value is -0.850. The minimum atomic E-state index is 0.299. The molecule has 0 radical (unpaired) electrons. The molecule has 1 rings (SSSR count). The summed E-state index contributed by atoms with van der Waals surface area (Å²) >= 11 is 0. The van der Waals surface area contributed by atoms with Crippen LogP contribution in [0.1, 0.15) is 52.9 Å². The van der Waals surface area contributed by atoms with Crippen LogP contribution in [0.25, 0.3) is 0 Å². The van der Waals surface area contributed by atoms with Crippen LogP contribution in [0.15, 0.2) is 24.3 Å². The lowest BCUT2D eigenvalue weighted by atomic mass is 9.86. The lowest BCUT2D eigenvalue weighted by Crippen LogP contribution is -2.13. The second-order valence-electron chi connectivity index (χ2n) is 3.77. The van der Waals surface area contributed by atoms with Gasteiger partial charge in [0.25, 0.3) is 0 Å². The summed E-state index contributed by atoms with van der Waals surface area (Å²) in [5.74, 6) is 0.645. The van der Waals surface area contributed by atoms with Gasteiger partial charge >= 0.3 is 0 Å². The van der Waals surface area contributed by atoms with Gasteiger partial charge in [0.15, 0.2) is 0 Å². The molecule has 0 saturated heterocycles. The molecule has 0 bridgehead atoms. The average molecular weight is 208 g/mol. The highest BCUT2D eigenvalue weighted by Gasteiger charge is 2.17. The van der Waals surface area contributed by atoms with Crippen molar-refractivity contribution in [3.63, 3.8) is 0 Å². The molecule has 1 nitrogen and oxygen atoms in total. The van der Waals surface area contributed by atoms with Crippen molar-refractivity contribution >= 4 is 5.78 Å². The summed E-state index contributed by atoms with van der Waals surface area (Å²) in [6.45, 7) is 9.41. The van der Waals surface area contributed by atoms with E-state index in [1.807, 2.05) is 19.9 Å². The number of ketones is 1. The molecule has 0 amide bonds. The molecule has 0 N–H and O–H groups in total. The minimum Gasteiger partial charge on any atom is -0.300 e. The van der Waals surface area contributed by atoms with Crippen LogP contribution < -0.4 is 0 Å². The van der Waals surface area contributed by atoms with Crippen LogP contribution in [0, 0.1) is 5.92 Å². The van der Waals surface area contributed by atoms with Gasteiger partial charge in [-0.15, -0.1) is 6.58 Å². The first kappa shape index (κ1) is 14.2. The molecule has 1 aliphatic carbocycles. The van der Waals surface area contributed by atoms with Crippen molar-refractivity contribution in [1.82, 2.24) is 0 Å². The molecule has 0 aromatic heterocycles. The monoisotopic (exact) mass is 208 g/mol. The van der Waals surface area contributed by atoms with Crippen LogP contribution in [0.2, 0.25) is 0 Å². The number of rotatable bonds is 4. The van der Waals surface area contributed by atoms with Crippen LogP contribution in [0.5, 0.6) is 0 Å². The van der Waals surface area contributed by atoms with Gasteiger partial charge in [0, 0.05) is 5.92 Å². The maximum absolute atomic E-state index is 11.1. The maximum atomic E-state index is 11.1. The normalized spacial score (nSPS) is 19.7. The Morgan fingerprint density at radius 3 is 2.67 bits per heavy atom. The Kier molecular flexibility index (Phi) is 7.98. The van der Waals surface area contributed by atoms with Crippen LogP contribution in [0.4, 0.5) is 0 Å². The van der Waals surface area contributed by atoms with E-state index < -0.39 is 0 Å². The number of allylic oxidation sites excluding steroid dienone is 3. The van der Waals surface area contributed by atoms with E-state index in [9.17, 15) is 4.79 Å². The van der Waals surface area contributed by atoms with E-state index in [1.54, 1.807) is 6.92 Å². The summed E-state index contributed by atoms with van der Waals surface area (Å²) in [7, 11) is 0. The highest BCUT2D eigenvalue weighted by molar-refractivity contribution is 5.78. The Bertz CT molecular complexity index is 225. The number of hydrogen-bond donors (Lipinski definition) is 0. The summed E-state index contributed by atoms with van der Waals surface area (Å²) < 4.78 is 0. The summed E-state index contributed by atoms with van der Waals surface area (Å²) in [5.41, 5.74) is 1.51. The summed E-state index contributed by atoms with van der Waals surface area (Å²) in [6.07, 6.45) is 9.53. The molecule has 1 aliphatic rings. The summed E-state index contributed by atoms with van der Waals surface area (Å²) in [4.78, 5) is 11.1. The van der Waals surface area contributed by atoms with E-state index in [-0.39, 0.29) is 0 Å². The lowest BCUT2D eigenvalue weighted by Gasteiger charge is -2.19. The van der Waals surface area contributed by atoms with E-state index in [0.29, 0.717) is 11.7 Å². The minimum absolute atomic E-state index is 0.299. The summed E-state index contributed by atoms with van der Waals surface area (Å²) in [6, 6.07) is 0. The van der Waals surface area contributed by atoms with Gasteiger partial charge in [-0.05, 0) is 39.0 Å². The second-order valence-corrected chi connectivity index (χ2v) is 3.77. The van der Waals surface area contributed by atoms with Gasteiger partial charge in [-0.3, -0.25) is 4.79 Å². The molecule has 0 heterocycles.